The number of amides is 3. The first-order chi connectivity index (χ1) is 20.2. The molecule has 42 heavy (non-hydrogen) atoms. The molecule has 11 nitrogen and oxygen atoms in total. The summed E-state index contributed by atoms with van der Waals surface area (Å²) in [5.74, 6) is -0.763. The van der Waals surface area contributed by atoms with Crippen molar-refractivity contribution in [1.29, 1.82) is 0 Å². The quantitative estimate of drug-likeness (QED) is 0.500. The lowest BCUT2D eigenvalue weighted by Gasteiger charge is -2.36. The molecule has 226 valence electrons. The van der Waals surface area contributed by atoms with Gasteiger partial charge in [0.1, 0.15) is 5.69 Å². The van der Waals surface area contributed by atoms with Gasteiger partial charge >= 0.3 is 5.97 Å². The molecule has 0 aliphatic carbocycles. The predicted octanol–water partition coefficient (Wildman–Crippen LogP) is 2.33. The molecular formula is C31H41N5O6. The number of rotatable bonds is 7. The van der Waals surface area contributed by atoms with E-state index in [0.29, 0.717) is 75.7 Å². The number of fused-ring (bicyclic) bond motifs is 1. The van der Waals surface area contributed by atoms with E-state index < -0.39 is 5.97 Å². The Balaban J connectivity index is 1.22. The summed E-state index contributed by atoms with van der Waals surface area (Å²) < 4.78 is 13.1. The van der Waals surface area contributed by atoms with Gasteiger partial charge in [-0.05, 0) is 62.1 Å². The second kappa shape index (κ2) is 12.6. The van der Waals surface area contributed by atoms with E-state index in [1.54, 1.807) is 38.7 Å². The van der Waals surface area contributed by atoms with Crippen LogP contribution in [0.25, 0.3) is 0 Å². The smallest absolute Gasteiger partial charge is 0.338 e. The van der Waals surface area contributed by atoms with Crippen LogP contribution in [0, 0.1) is 11.3 Å². The normalized spacial score (nSPS) is 19.1. The Kier molecular flexibility index (Phi) is 8.96. The Hall–Kier alpha value is -3.73. The van der Waals surface area contributed by atoms with Crippen LogP contribution in [0.5, 0.6) is 0 Å². The Morgan fingerprint density at radius 3 is 2.48 bits per heavy atom. The van der Waals surface area contributed by atoms with Crippen LogP contribution in [0.1, 0.15) is 76.1 Å². The van der Waals surface area contributed by atoms with Gasteiger partial charge in [-0.3, -0.25) is 19.1 Å². The third-order valence-electron chi connectivity index (χ3n) is 8.78. The molecule has 0 bridgehead atoms. The molecule has 11 heteroatoms. The second-order valence-corrected chi connectivity index (χ2v) is 11.8. The van der Waals surface area contributed by atoms with Crippen molar-refractivity contribution in [1.82, 2.24) is 24.9 Å². The molecule has 5 rings (SSSR count). The number of carbonyl (C=O) groups excluding carboxylic acids is 4. The highest BCUT2D eigenvalue weighted by molar-refractivity contribution is 5.98. The summed E-state index contributed by atoms with van der Waals surface area (Å²) in [6, 6.07) is 6.59. The Bertz CT molecular complexity index is 1340. The topological polar surface area (TPSA) is 123 Å². The molecule has 1 aromatic heterocycles. The number of aryl methyl sites for hydroxylation is 1. The summed E-state index contributed by atoms with van der Waals surface area (Å²) in [7, 11) is 0. The maximum atomic E-state index is 13.1. The summed E-state index contributed by atoms with van der Waals surface area (Å²) in [6.45, 7) is 10.2. The maximum Gasteiger partial charge on any atom is 0.338 e. The van der Waals surface area contributed by atoms with Crippen LogP contribution in [0.2, 0.25) is 0 Å². The molecule has 0 radical (unpaired) electrons. The van der Waals surface area contributed by atoms with Gasteiger partial charge in [-0.25, -0.2) is 4.79 Å². The first-order valence-corrected chi connectivity index (χ1v) is 15.0. The number of piperazine rings is 1. The highest BCUT2D eigenvalue weighted by Crippen LogP contribution is 2.38. The minimum absolute atomic E-state index is 0.00362. The van der Waals surface area contributed by atoms with Gasteiger partial charge in [0.2, 0.25) is 5.91 Å². The molecule has 1 atom stereocenters. The standard InChI is InChI=1S/C31H41N5O6/c1-4-36-27-25(18-31(20-32-28(27)38)8-14-41-15-9-31)26(33-36)16-21(2)19-42-30(40)24-7-5-6-23(17-24)29(39)35-12-10-34(11-13-35)22(3)37/h5-7,17,21H,4,8-16,18-20H2,1-3H3,(H,32,38). The Labute approximate surface area is 246 Å². The van der Waals surface area contributed by atoms with E-state index in [4.69, 9.17) is 14.6 Å². The molecule has 2 fully saturated rings. The minimum Gasteiger partial charge on any atom is -0.462 e. The predicted molar refractivity (Wildman–Crippen MR) is 154 cm³/mol. The molecular weight excluding hydrogens is 538 g/mol. The van der Waals surface area contributed by atoms with Gasteiger partial charge in [-0.1, -0.05) is 13.0 Å². The van der Waals surface area contributed by atoms with Crippen molar-refractivity contribution in [2.24, 2.45) is 11.3 Å². The van der Waals surface area contributed by atoms with Gasteiger partial charge in [0.05, 0.1) is 17.9 Å². The van der Waals surface area contributed by atoms with Crippen LogP contribution in [-0.4, -0.2) is 95.8 Å². The van der Waals surface area contributed by atoms with E-state index in [-0.39, 0.29) is 35.7 Å². The summed E-state index contributed by atoms with van der Waals surface area (Å²) in [4.78, 5) is 54.1. The van der Waals surface area contributed by atoms with Gasteiger partial charge in [-0.2, -0.15) is 5.10 Å². The number of hydrogen-bond donors (Lipinski definition) is 1. The van der Waals surface area contributed by atoms with Crippen LogP contribution in [-0.2, 0) is 33.7 Å². The lowest BCUT2D eigenvalue weighted by atomic mass is 9.75. The number of nitrogens with one attached hydrogen (secondary N) is 1. The highest BCUT2D eigenvalue weighted by atomic mass is 16.5. The zero-order valence-corrected chi connectivity index (χ0v) is 24.8. The zero-order chi connectivity index (χ0) is 29.9. The van der Waals surface area contributed by atoms with E-state index in [1.807, 2.05) is 13.8 Å². The summed E-state index contributed by atoms with van der Waals surface area (Å²) >= 11 is 0. The van der Waals surface area contributed by atoms with E-state index >= 15 is 0 Å². The van der Waals surface area contributed by atoms with Gasteiger partial charge in [0, 0.05) is 70.5 Å². The number of esters is 1. The number of nitrogens with zero attached hydrogens (tertiary/aromatic N) is 4. The molecule has 1 N–H and O–H groups in total. The van der Waals surface area contributed by atoms with E-state index in [9.17, 15) is 19.2 Å². The molecule has 4 heterocycles. The molecule has 1 aromatic carbocycles. The first-order valence-electron chi connectivity index (χ1n) is 15.0. The largest absolute Gasteiger partial charge is 0.462 e. The van der Waals surface area contributed by atoms with Crippen molar-refractivity contribution in [3.63, 3.8) is 0 Å². The monoisotopic (exact) mass is 579 g/mol. The average Bonchev–Trinajstić information content (AvgIpc) is 3.27. The number of aromatic nitrogens is 2. The van der Waals surface area contributed by atoms with E-state index in [0.717, 1.165) is 30.5 Å². The second-order valence-electron chi connectivity index (χ2n) is 11.8. The van der Waals surface area contributed by atoms with Crippen molar-refractivity contribution < 1.29 is 28.7 Å². The third kappa shape index (κ3) is 6.35. The number of carbonyl (C=O) groups is 4. The fourth-order valence-electron chi connectivity index (χ4n) is 6.20. The third-order valence-corrected chi connectivity index (χ3v) is 8.78. The van der Waals surface area contributed by atoms with E-state index in [2.05, 4.69) is 5.32 Å². The lowest BCUT2D eigenvalue weighted by molar-refractivity contribution is -0.130. The van der Waals surface area contributed by atoms with Crippen molar-refractivity contribution in [3.8, 4) is 0 Å². The van der Waals surface area contributed by atoms with Gasteiger partial charge < -0.3 is 24.6 Å². The molecule has 0 saturated carbocycles. The van der Waals surface area contributed by atoms with Crippen molar-refractivity contribution >= 4 is 23.7 Å². The zero-order valence-electron chi connectivity index (χ0n) is 24.8. The number of ether oxygens (including phenoxy) is 2. The molecule has 2 saturated heterocycles. The van der Waals surface area contributed by atoms with Crippen molar-refractivity contribution in [2.45, 2.75) is 53.0 Å². The highest BCUT2D eigenvalue weighted by Gasteiger charge is 2.40. The molecule has 2 aromatic rings. The van der Waals surface area contributed by atoms with Crippen LogP contribution in [0.15, 0.2) is 24.3 Å². The number of hydrogen-bond acceptors (Lipinski definition) is 7. The molecule has 3 aliphatic rings. The van der Waals surface area contributed by atoms with Crippen molar-refractivity contribution in [3.05, 3.63) is 52.3 Å². The summed E-state index contributed by atoms with van der Waals surface area (Å²) in [5, 5.41) is 7.95. The average molecular weight is 580 g/mol. The van der Waals surface area contributed by atoms with Gasteiger partial charge in [0.15, 0.2) is 0 Å². The lowest BCUT2D eigenvalue weighted by Crippen LogP contribution is -2.50. The first kappa shape index (κ1) is 29.8. The van der Waals surface area contributed by atoms with Gasteiger partial charge in [-0.15, -0.1) is 0 Å². The fourth-order valence-corrected chi connectivity index (χ4v) is 6.20. The fraction of sp³-hybridized carbons (Fsp3) is 0.581. The molecule has 3 aliphatic heterocycles. The van der Waals surface area contributed by atoms with Crippen LogP contribution < -0.4 is 5.32 Å². The van der Waals surface area contributed by atoms with Crippen molar-refractivity contribution in [2.75, 3.05) is 52.5 Å². The van der Waals surface area contributed by atoms with Crippen LogP contribution >= 0.6 is 0 Å². The summed E-state index contributed by atoms with van der Waals surface area (Å²) in [6.07, 6.45) is 3.14. The summed E-state index contributed by atoms with van der Waals surface area (Å²) in [5.41, 5.74) is 3.23. The minimum atomic E-state index is -0.489. The number of benzene rings is 1. The van der Waals surface area contributed by atoms with Crippen LogP contribution in [0.3, 0.4) is 0 Å². The van der Waals surface area contributed by atoms with Crippen LogP contribution in [0.4, 0.5) is 0 Å². The van der Waals surface area contributed by atoms with E-state index in [1.165, 1.54) is 6.92 Å². The molecule has 3 amide bonds. The maximum absolute atomic E-state index is 13.1. The van der Waals surface area contributed by atoms with Gasteiger partial charge in [0.25, 0.3) is 11.8 Å². The SMILES string of the molecule is CCn1nc(CC(C)COC(=O)c2cccc(C(=O)N3CCN(C(C)=O)CC3)c2)c2c1C(=O)NCC1(CCOCC1)C2. The molecule has 1 unspecified atom stereocenters. The Morgan fingerprint density at radius 1 is 1.10 bits per heavy atom. The Morgan fingerprint density at radius 2 is 1.79 bits per heavy atom. The molecule has 1 spiro atoms.